The largest absolute Gasteiger partial charge is 0.409 e. The summed E-state index contributed by atoms with van der Waals surface area (Å²) in [4.78, 5) is 0. The van der Waals surface area contributed by atoms with E-state index in [1.54, 1.807) is 23.5 Å². The van der Waals surface area contributed by atoms with E-state index < -0.39 is 6.10 Å². The van der Waals surface area contributed by atoms with Crippen LogP contribution in [-0.4, -0.2) is 22.7 Å². The van der Waals surface area contributed by atoms with Crippen LogP contribution < -0.4 is 11.1 Å². The van der Waals surface area contributed by atoms with Crippen LogP contribution in [0.4, 0.5) is 0 Å². The third-order valence-electron chi connectivity index (χ3n) is 2.95. The van der Waals surface area contributed by atoms with E-state index in [1.807, 2.05) is 29.0 Å². The smallest absolute Gasteiger partial charge is 0.170 e. The minimum atomic E-state index is -0.488. The van der Waals surface area contributed by atoms with Crippen LogP contribution in [0.5, 0.6) is 0 Å². The van der Waals surface area contributed by atoms with E-state index in [4.69, 9.17) is 10.9 Å². The number of aliphatic hydroxyl groups excluding tert-OH is 1. The van der Waals surface area contributed by atoms with Crippen molar-refractivity contribution in [1.82, 2.24) is 5.32 Å². The van der Waals surface area contributed by atoms with Gasteiger partial charge in [-0.3, -0.25) is 0 Å². The predicted molar refractivity (Wildman–Crippen MR) is 79.9 cm³/mol. The molecule has 2 aromatic rings. The molecule has 0 saturated heterocycles. The molecular formula is C14H17N3O2S. The van der Waals surface area contributed by atoms with Crippen molar-refractivity contribution in [2.75, 3.05) is 6.54 Å². The Labute approximate surface area is 121 Å². The van der Waals surface area contributed by atoms with Gasteiger partial charge >= 0.3 is 0 Å². The van der Waals surface area contributed by atoms with Gasteiger partial charge in [0, 0.05) is 18.7 Å². The van der Waals surface area contributed by atoms with Gasteiger partial charge in [-0.15, -0.1) is 0 Å². The Bertz CT molecular complexity index is 552. The molecule has 1 heterocycles. The molecule has 0 radical (unpaired) electrons. The van der Waals surface area contributed by atoms with Gasteiger partial charge in [0.15, 0.2) is 5.84 Å². The van der Waals surface area contributed by atoms with Gasteiger partial charge in [-0.05, 0) is 28.0 Å². The van der Waals surface area contributed by atoms with Gasteiger partial charge in [-0.2, -0.15) is 11.3 Å². The number of amidine groups is 1. The fraction of sp³-hybridized carbons (Fsp3) is 0.214. The minimum absolute atomic E-state index is 0.0948. The molecule has 20 heavy (non-hydrogen) atoms. The molecule has 1 unspecified atom stereocenters. The highest BCUT2D eigenvalue weighted by molar-refractivity contribution is 7.07. The summed E-state index contributed by atoms with van der Waals surface area (Å²) < 4.78 is 0. The number of nitrogens with one attached hydrogen (secondary N) is 1. The Morgan fingerprint density at radius 3 is 2.65 bits per heavy atom. The van der Waals surface area contributed by atoms with Crippen molar-refractivity contribution in [1.29, 1.82) is 0 Å². The van der Waals surface area contributed by atoms with Crippen molar-refractivity contribution in [3.63, 3.8) is 0 Å². The molecular weight excluding hydrogens is 274 g/mol. The average Bonchev–Trinajstić information content (AvgIpc) is 3.01. The number of nitrogens with zero attached hydrogens (tertiary/aromatic N) is 1. The molecule has 0 bridgehead atoms. The summed E-state index contributed by atoms with van der Waals surface area (Å²) in [6.07, 6.45) is -0.488. The molecule has 0 aliphatic heterocycles. The van der Waals surface area contributed by atoms with Crippen LogP contribution in [-0.2, 0) is 6.54 Å². The van der Waals surface area contributed by atoms with Crippen molar-refractivity contribution in [3.05, 3.63) is 57.8 Å². The minimum Gasteiger partial charge on any atom is -0.409 e. The normalized spacial score (nSPS) is 13.3. The maximum absolute atomic E-state index is 9.92. The van der Waals surface area contributed by atoms with Crippen molar-refractivity contribution >= 4 is 17.2 Å². The predicted octanol–water partition coefficient (Wildman–Crippen LogP) is 1.67. The number of hydrogen-bond acceptors (Lipinski definition) is 5. The molecule has 1 atom stereocenters. The topological polar surface area (TPSA) is 90.9 Å². The number of hydrogen-bond donors (Lipinski definition) is 4. The highest BCUT2D eigenvalue weighted by Gasteiger charge is 2.07. The third kappa shape index (κ3) is 3.80. The Morgan fingerprint density at radius 1 is 1.30 bits per heavy atom. The lowest BCUT2D eigenvalue weighted by atomic mass is 10.1. The molecule has 0 aliphatic carbocycles. The first-order valence-electron chi connectivity index (χ1n) is 6.18. The molecule has 0 fully saturated rings. The zero-order valence-corrected chi connectivity index (χ0v) is 11.7. The summed E-state index contributed by atoms with van der Waals surface area (Å²) in [6, 6.07) is 9.31. The van der Waals surface area contributed by atoms with Gasteiger partial charge in [0.1, 0.15) is 0 Å². The second-order valence-electron chi connectivity index (χ2n) is 4.39. The first kappa shape index (κ1) is 14.5. The summed E-state index contributed by atoms with van der Waals surface area (Å²) in [6.45, 7) is 1.15. The average molecular weight is 291 g/mol. The first-order valence-corrected chi connectivity index (χ1v) is 7.12. The van der Waals surface area contributed by atoms with Crippen LogP contribution in [0.25, 0.3) is 0 Å². The lowest BCUT2D eigenvalue weighted by Crippen LogP contribution is -2.21. The van der Waals surface area contributed by atoms with Crippen LogP contribution >= 0.6 is 11.3 Å². The number of benzene rings is 1. The monoisotopic (exact) mass is 291 g/mol. The number of thiophene rings is 1. The van der Waals surface area contributed by atoms with Gasteiger partial charge in [-0.25, -0.2) is 0 Å². The number of rotatable bonds is 6. The standard InChI is InChI=1S/C14H17N3O2S/c15-14(17-19)11-3-1-10(2-4-11)7-16-8-13(18)12-5-6-20-9-12/h1-6,9,13,16,18-19H,7-8H2,(H2,15,17). The molecule has 0 amide bonds. The van der Waals surface area contributed by atoms with Crippen molar-refractivity contribution in [2.24, 2.45) is 10.9 Å². The van der Waals surface area contributed by atoms with E-state index in [2.05, 4.69) is 10.5 Å². The second-order valence-corrected chi connectivity index (χ2v) is 5.17. The van der Waals surface area contributed by atoms with Gasteiger partial charge in [0.05, 0.1) is 6.10 Å². The number of aliphatic hydroxyl groups is 1. The molecule has 1 aromatic carbocycles. The highest BCUT2D eigenvalue weighted by Crippen LogP contribution is 2.15. The molecule has 2 rings (SSSR count). The zero-order chi connectivity index (χ0) is 14.4. The first-order chi connectivity index (χ1) is 9.70. The zero-order valence-electron chi connectivity index (χ0n) is 10.9. The summed E-state index contributed by atoms with van der Waals surface area (Å²) >= 11 is 1.57. The SMILES string of the molecule is N/C(=N/O)c1ccc(CNCC(O)c2ccsc2)cc1. The van der Waals surface area contributed by atoms with E-state index >= 15 is 0 Å². The van der Waals surface area contributed by atoms with Gasteiger partial charge in [0.2, 0.25) is 0 Å². The number of oxime groups is 1. The molecule has 6 heteroatoms. The lowest BCUT2D eigenvalue weighted by Gasteiger charge is -2.10. The molecule has 0 aliphatic rings. The van der Waals surface area contributed by atoms with Crippen molar-refractivity contribution < 1.29 is 10.3 Å². The molecule has 106 valence electrons. The third-order valence-corrected chi connectivity index (χ3v) is 3.65. The maximum atomic E-state index is 9.92. The molecule has 5 N–H and O–H groups in total. The Morgan fingerprint density at radius 2 is 2.05 bits per heavy atom. The lowest BCUT2D eigenvalue weighted by molar-refractivity contribution is 0.175. The molecule has 5 nitrogen and oxygen atoms in total. The summed E-state index contributed by atoms with van der Waals surface area (Å²) in [5, 5.41) is 28.5. The van der Waals surface area contributed by atoms with Crippen LogP contribution in [0, 0.1) is 0 Å². The number of nitrogens with two attached hydrogens (primary N) is 1. The van der Waals surface area contributed by atoms with Gasteiger partial charge in [-0.1, -0.05) is 29.4 Å². The van der Waals surface area contributed by atoms with Crippen molar-refractivity contribution in [2.45, 2.75) is 12.6 Å². The van der Waals surface area contributed by atoms with E-state index in [1.165, 1.54) is 0 Å². The van der Waals surface area contributed by atoms with Crippen LogP contribution in [0.3, 0.4) is 0 Å². The summed E-state index contributed by atoms with van der Waals surface area (Å²) in [7, 11) is 0. The quantitative estimate of drug-likeness (QED) is 0.282. The van der Waals surface area contributed by atoms with E-state index in [-0.39, 0.29) is 5.84 Å². The van der Waals surface area contributed by atoms with Gasteiger partial charge in [0.25, 0.3) is 0 Å². The summed E-state index contributed by atoms with van der Waals surface area (Å²) in [5.74, 6) is 0.0948. The van der Waals surface area contributed by atoms with Crippen molar-refractivity contribution in [3.8, 4) is 0 Å². The van der Waals surface area contributed by atoms with Crippen LogP contribution in [0.1, 0.15) is 22.8 Å². The maximum Gasteiger partial charge on any atom is 0.170 e. The fourth-order valence-electron chi connectivity index (χ4n) is 1.79. The molecule has 0 saturated carbocycles. The summed E-state index contributed by atoms with van der Waals surface area (Å²) in [5.41, 5.74) is 8.17. The Balaban J connectivity index is 1.82. The van der Waals surface area contributed by atoms with Gasteiger partial charge < -0.3 is 21.4 Å². The Kier molecular flexibility index (Phi) is 5.11. The van der Waals surface area contributed by atoms with E-state index in [9.17, 15) is 5.11 Å². The van der Waals surface area contributed by atoms with E-state index in [0.29, 0.717) is 18.7 Å². The second kappa shape index (κ2) is 7.04. The van der Waals surface area contributed by atoms with Crippen LogP contribution in [0.15, 0.2) is 46.2 Å². The highest BCUT2D eigenvalue weighted by atomic mass is 32.1. The Hall–Kier alpha value is -1.89. The fourth-order valence-corrected chi connectivity index (χ4v) is 2.49. The molecule has 0 spiro atoms. The van der Waals surface area contributed by atoms with Crippen LogP contribution in [0.2, 0.25) is 0 Å². The molecule has 1 aromatic heterocycles. The van der Waals surface area contributed by atoms with E-state index in [0.717, 1.165) is 11.1 Å².